The molecule has 1 aliphatic carbocycles. The molecule has 3 heterocycles. The van der Waals surface area contributed by atoms with E-state index in [4.69, 9.17) is 15.0 Å². The molecule has 3 nitrogen and oxygen atoms in total. The lowest BCUT2D eigenvalue weighted by Crippen LogP contribution is -2.28. The van der Waals surface area contributed by atoms with E-state index in [0.29, 0.717) is 17.5 Å². The maximum absolute atomic E-state index is 5.34. The maximum Gasteiger partial charge on any atom is 0.174 e. The molecule has 53 heavy (non-hydrogen) atoms. The van der Waals surface area contributed by atoms with Crippen molar-refractivity contribution in [3.63, 3.8) is 0 Å². The minimum absolute atomic E-state index is 0.513. The number of rotatable bonds is 5. The summed E-state index contributed by atoms with van der Waals surface area (Å²) in [5, 5.41) is 3.72. The predicted octanol–water partition coefficient (Wildman–Crippen LogP) is 12.8. The van der Waals surface area contributed by atoms with E-state index in [0.717, 1.165) is 21.6 Å². The van der Waals surface area contributed by atoms with Crippen molar-refractivity contribution in [1.82, 2.24) is 15.0 Å². The molecule has 11 rings (SSSR count). The third-order valence-electron chi connectivity index (χ3n) is 10.6. The standard InChI is InChI=1S/C48H29N3S2/c1-3-15-32(16-4-1)48(33-17-5-2-6-18-33)38-22-10-8-20-36(38)44-37(21-13-23-39(44)48)46-49-45(50-47(51-46)43-28-30-14-7-11-24-40(30)52-43)31-26-27-35-34-19-9-12-25-41(34)53-42(35)29-31/h1-29H. The monoisotopic (exact) mass is 711 g/mol. The van der Waals surface area contributed by atoms with E-state index >= 15 is 0 Å². The lowest BCUT2D eigenvalue weighted by Gasteiger charge is -2.33. The number of hydrogen-bond acceptors (Lipinski definition) is 5. The molecule has 0 N–H and O–H groups in total. The molecular weight excluding hydrogens is 683 g/mol. The van der Waals surface area contributed by atoms with Gasteiger partial charge in [0.25, 0.3) is 0 Å². The minimum atomic E-state index is -0.513. The van der Waals surface area contributed by atoms with E-state index in [2.05, 4.69) is 176 Å². The van der Waals surface area contributed by atoms with E-state index in [-0.39, 0.29) is 0 Å². The molecule has 0 saturated heterocycles. The van der Waals surface area contributed by atoms with Crippen molar-refractivity contribution in [1.29, 1.82) is 0 Å². The Morgan fingerprint density at radius 1 is 0.396 bits per heavy atom. The van der Waals surface area contributed by atoms with Gasteiger partial charge in [-0.3, -0.25) is 0 Å². The molecule has 10 aromatic rings. The molecule has 0 spiro atoms. The van der Waals surface area contributed by atoms with Crippen LogP contribution in [0, 0.1) is 0 Å². The zero-order chi connectivity index (χ0) is 34.9. The van der Waals surface area contributed by atoms with Crippen LogP contribution in [0.5, 0.6) is 0 Å². The molecule has 0 saturated carbocycles. The van der Waals surface area contributed by atoms with E-state index < -0.39 is 5.41 Å². The van der Waals surface area contributed by atoms with Gasteiger partial charge in [-0.1, -0.05) is 152 Å². The average Bonchev–Trinajstić information content (AvgIpc) is 3.92. The van der Waals surface area contributed by atoms with E-state index in [1.54, 1.807) is 11.3 Å². The quantitative estimate of drug-likeness (QED) is 0.178. The molecule has 3 aromatic heterocycles. The lowest BCUT2D eigenvalue weighted by atomic mass is 9.67. The van der Waals surface area contributed by atoms with Gasteiger partial charge in [-0.25, -0.2) is 15.0 Å². The Labute approximate surface area is 314 Å². The van der Waals surface area contributed by atoms with Gasteiger partial charge in [0.2, 0.25) is 0 Å². The molecule has 7 aromatic carbocycles. The zero-order valence-electron chi connectivity index (χ0n) is 28.4. The first-order chi connectivity index (χ1) is 26.3. The first kappa shape index (κ1) is 30.4. The third-order valence-corrected chi connectivity index (χ3v) is 12.9. The lowest BCUT2D eigenvalue weighted by molar-refractivity contribution is 0.768. The minimum Gasteiger partial charge on any atom is -0.208 e. The second-order valence-electron chi connectivity index (χ2n) is 13.5. The molecule has 248 valence electrons. The van der Waals surface area contributed by atoms with Crippen LogP contribution >= 0.6 is 22.7 Å². The largest absolute Gasteiger partial charge is 0.208 e. The second kappa shape index (κ2) is 11.9. The number of aromatic nitrogens is 3. The maximum atomic E-state index is 5.34. The summed E-state index contributed by atoms with van der Waals surface area (Å²) in [6.45, 7) is 0. The first-order valence-corrected chi connectivity index (χ1v) is 19.4. The normalized spacial score (nSPS) is 13.1. The Balaban J connectivity index is 1.19. The van der Waals surface area contributed by atoms with Crippen molar-refractivity contribution >= 4 is 52.9 Å². The molecule has 0 radical (unpaired) electrons. The van der Waals surface area contributed by atoms with Crippen molar-refractivity contribution in [3.8, 4) is 44.6 Å². The predicted molar refractivity (Wildman–Crippen MR) is 222 cm³/mol. The van der Waals surface area contributed by atoms with E-state index in [9.17, 15) is 0 Å². The molecule has 1 aliphatic rings. The van der Waals surface area contributed by atoms with Crippen molar-refractivity contribution < 1.29 is 0 Å². The van der Waals surface area contributed by atoms with Gasteiger partial charge in [0, 0.05) is 36.0 Å². The Morgan fingerprint density at radius 3 is 1.83 bits per heavy atom. The smallest absolute Gasteiger partial charge is 0.174 e. The average molecular weight is 712 g/mol. The van der Waals surface area contributed by atoms with Crippen LogP contribution in [0.15, 0.2) is 176 Å². The number of benzene rings is 7. The van der Waals surface area contributed by atoms with Gasteiger partial charge in [-0.15, -0.1) is 22.7 Å². The van der Waals surface area contributed by atoms with Crippen LogP contribution in [-0.2, 0) is 5.41 Å². The van der Waals surface area contributed by atoms with Gasteiger partial charge in [0.05, 0.1) is 10.3 Å². The van der Waals surface area contributed by atoms with Crippen molar-refractivity contribution in [2.24, 2.45) is 0 Å². The van der Waals surface area contributed by atoms with Crippen molar-refractivity contribution in [2.45, 2.75) is 5.41 Å². The van der Waals surface area contributed by atoms with Crippen molar-refractivity contribution in [2.75, 3.05) is 0 Å². The highest BCUT2D eigenvalue weighted by Crippen LogP contribution is 2.58. The van der Waals surface area contributed by atoms with Crippen LogP contribution in [0.1, 0.15) is 22.3 Å². The molecule has 0 amide bonds. The fourth-order valence-electron chi connectivity index (χ4n) is 8.37. The van der Waals surface area contributed by atoms with E-state index in [1.807, 2.05) is 11.3 Å². The molecular formula is C48H29N3S2. The molecule has 0 aliphatic heterocycles. The Hall–Kier alpha value is -6.27. The van der Waals surface area contributed by atoms with Gasteiger partial charge in [0.15, 0.2) is 17.5 Å². The highest BCUT2D eigenvalue weighted by molar-refractivity contribution is 7.25. The fourth-order valence-corrected chi connectivity index (χ4v) is 10.5. The molecule has 0 atom stereocenters. The summed E-state index contributed by atoms with van der Waals surface area (Å²) in [7, 11) is 0. The highest BCUT2D eigenvalue weighted by atomic mass is 32.1. The summed E-state index contributed by atoms with van der Waals surface area (Å²) in [6, 6.07) is 63.3. The number of hydrogen-bond donors (Lipinski definition) is 0. The van der Waals surface area contributed by atoms with Crippen LogP contribution < -0.4 is 0 Å². The van der Waals surface area contributed by atoms with Crippen LogP contribution in [0.25, 0.3) is 74.9 Å². The Bertz CT molecular complexity index is 2940. The SMILES string of the molecule is c1ccc(C2(c3ccccc3)c3ccccc3-c3c(-c4nc(-c5ccc6c(c5)sc5ccccc56)nc(-c5cc6ccccc6s5)n4)cccc32)cc1. The summed E-state index contributed by atoms with van der Waals surface area (Å²) in [6.07, 6.45) is 0. The molecule has 0 fully saturated rings. The Kier molecular flexibility index (Phi) is 6.81. The van der Waals surface area contributed by atoms with E-state index in [1.165, 1.54) is 58.1 Å². The van der Waals surface area contributed by atoms with Crippen LogP contribution in [0.3, 0.4) is 0 Å². The molecule has 0 unspecified atom stereocenters. The van der Waals surface area contributed by atoms with Gasteiger partial charge in [-0.05, 0) is 63.0 Å². The summed E-state index contributed by atoms with van der Waals surface area (Å²) in [5.41, 5.74) is 8.77. The fraction of sp³-hybridized carbons (Fsp3) is 0.0208. The summed E-state index contributed by atoms with van der Waals surface area (Å²) < 4.78 is 3.71. The topological polar surface area (TPSA) is 38.7 Å². The summed E-state index contributed by atoms with van der Waals surface area (Å²) in [4.78, 5) is 16.9. The van der Waals surface area contributed by atoms with Crippen molar-refractivity contribution in [3.05, 3.63) is 198 Å². The second-order valence-corrected chi connectivity index (χ2v) is 15.7. The van der Waals surface area contributed by atoms with Gasteiger partial charge < -0.3 is 0 Å². The van der Waals surface area contributed by atoms with Crippen LogP contribution in [0.2, 0.25) is 0 Å². The highest BCUT2D eigenvalue weighted by Gasteiger charge is 2.47. The molecule has 5 heteroatoms. The van der Waals surface area contributed by atoms with Gasteiger partial charge in [-0.2, -0.15) is 0 Å². The number of fused-ring (bicyclic) bond motifs is 7. The first-order valence-electron chi connectivity index (χ1n) is 17.8. The number of nitrogens with zero attached hydrogens (tertiary/aromatic N) is 3. The molecule has 0 bridgehead atoms. The number of thiophene rings is 2. The van der Waals surface area contributed by atoms with Crippen LogP contribution in [-0.4, -0.2) is 15.0 Å². The zero-order valence-corrected chi connectivity index (χ0v) is 30.0. The third kappa shape index (κ3) is 4.61. The Morgan fingerprint density at radius 2 is 1.02 bits per heavy atom. The van der Waals surface area contributed by atoms with Gasteiger partial charge >= 0.3 is 0 Å². The summed E-state index contributed by atoms with van der Waals surface area (Å²) in [5.74, 6) is 2.02. The summed E-state index contributed by atoms with van der Waals surface area (Å²) >= 11 is 3.53. The van der Waals surface area contributed by atoms with Crippen LogP contribution in [0.4, 0.5) is 0 Å². The van der Waals surface area contributed by atoms with Gasteiger partial charge in [0.1, 0.15) is 0 Å².